The van der Waals surface area contributed by atoms with Gasteiger partial charge in [-0.15, -0.1) is 0 Å². The Morgan fingerprint density at radius 1 is 0.774 bits per heavy atom. The summed E-state index contributed by atoms with van der Waals surface area (Å²) in [6.45, 7) is 1.84. The molecule has 4 nitrogen and oxygen atoms in total. The topological polar surface area (TPSA) is 58.2 Å². The Balaban J connectivity index is 1.81. The summed E-state index contributed by atoms with van der Waals surface area (Å²) in [7, 11) is 0. The molecule has 0 aliphatic carbocycles. The maximum Gasteiger partial charge on any atom is 0.257 e. The van der Waals surface area contributed by atoms with Crippen molar-refractivity contribution >= 4 is 23.2 Å². The third kappa shape index (κ3) is 4.71. The van der Waals surface area contributed by atoms with E-state index in [-0.39, 0.29) is 11.3 Å². The number of halogens is 5. The zero-order chi connectivity index (χ0) is 22.7. The third-order valence-corrected chi connectivity index (χ3v) is 4.36. The van der Waals surface area contributed by atoms with Crippen molar-refractivity contribution in [3.8, 4) is 0 Å². The van der Waals surface area contributed by atoms with Gasteiger partial charge in [-0.2, -0.15) is 0 Å². The summed E-state index contributed by atoms with van der Waals surface area (Å²) in [4.78, 5) is 24.9. The summed E-state index contributed by atoms with van der Waals surface area (Å²) < 4.78 is 67.5. The largest absolute Gasteiger partial charge is 0.325 e. The summed E-state index contributed by atoms with van der Waals surface area (Å²) in [5.74, 6) is -12.4. The van der Waals surface area contributed by atoms with Crippen LogP contribution >= 0.6 is 0 Å². The van der Waals surface area contributed by atoms with Crippen LogP contribution in [-0.2, 0) is 11.2 Å². The van der Waals surface area contributed by atoms with Gasteiger partial charge in [-0.3, -0.25) is 9.59 Å². The zero-order valence-corrected chi connectivity index (χ0v) is 16.0. The number of carbonyl (C=O) groups excluding carboxylic acids is 2. The molecule has 0 aliphatic heterocycles. The molecule has 0 saturated heterocycles. The highest BCUT2D eigenvalue weighted by Crippen LogP contribution is 2.24. The number of nitrogens with one attached hydrogen (secondary N) is 2. The third-order valence-electron chi connectivity index (χ3n) is 4.36. The van der Waals surface area contributed by atoms with Gasteiger partial charge in [0, 0.05) is 11.3 Å². The standard InChI is InChI=1S/C22H15F5N2O2/c1-11-5-4-6-12(9-11)28-22(31)13-7-2-3-8-15(13)29-16(30)10-14-17(23)19(25)21(27)20(26)18(14)24/h2-9H,10H2,1H3,(H,28,31)(H,29,30). The first-order valence-corrected chi connectivity index (χ1v) is 8.96. The molecule has 160 valence electrons. The number of aryl methyl sites for hydroxylation is 1. The van der Waals surface area contributed by atoms with Gasteiger partial charge >= 0.3 is 0 Å². The molecule has 0 atom stereocenters. The monoisotopic (exact) mass is 434 g/mol. The van der Waals surface area contributed by atoms with Crippen molar-refractivity contribution in [2.45, 2.75) is 13.3 Å². The number of amides is 2. The van der Waals surface area contributed by atoms with Crippen molar-refractivity contribution in [3.63, 3.8) is 0 Å². The molecule has 0 heterocycles. The maximum atomic E-state index is 13.8. The summed E-state index contributed by atoms with van der Waals surface area (Å²) in [5, 5.41) is 4.92. The molecular formula is C22H15F5N2O2. The Labute approximate surface area is 173 Å². The average molecular weight is 434 g/mol. The minimum absolute atomic E-state index is 0.00141. The van der Waals surface area contributed by atoms with E-state index >= 15 is 0 Å². The SMILES string of the molecule is Cc1cccc(NC(=O)c2ccccc2NC(=O)Cc2c(F)c(F)c(F)c(F)c2F)c1. The predicted molar refractivity (Wildman–Crippen MR) is 104 cm³/mol. The average Bonchev–Trinajstić information content (AvgIpc) is 2.74. The highest BCUT2D eigenvalue weighted by Gasteiger charge is 2.27. The van der Waals surface area contributed by atoms with E-state index in [4.69, 9.17) is 0 Å². The van der Waals surface area contributed by atoms with Gasteiger partial charge in [0.05, 0.1) is 17.7 Å². The Morgan fingerprint density at radius 3 is 2.03 bits per heavy atom. The van der Waals surface area contributed by atoms with Crippen molar-refractivity contribution in [1.82, 2.24) is 0 Å². The smallest absolute Gasteiger partial charge is 0.257 e. The van der Waals surface area contributed by atoms with Crippen molar-refractivity contribution in [3.05, 3.63) is 94.3 Å². The van der Waals surface area contributed by atoms with Gasteiger partial charge in [0.2, 0.25) is 11.7 Å². The fraction of sp³-hybridized carbons (Fsp3) is 0.0909. The molecule has 2 N–H and O–H groups in total. The lowest BCUT2D eigenvalue weighted by Gasteiger charge is -2.13. The summed E-state index contributed by atoms with van der Waals surface area (Å²) in [6.07, 6.45) is -1.13. The number of para-hydroxylation sites is 1. The van der Waals surface area contributed by atoms with Crippen LogP contribution in [0.3, 0.4) is 0 Å². The number of rotatable bonds is 5. The first-order chi connectivity index (χ1) is 14.7. The van der Waals surface area contributed by atoms with E-state index in [0.717, 1.165) is 5.56 Å². The minimum atomic E-state index is -2.31. The van der Waals surface area contributed by atoms with Crippen molar-refractivity contribution in [2.75, 3.05) is 10.6 Å². The molecule has 0 unspecified atom stereocenters. The Bertz CT molecular complexity index is 1150. The summed E-state index contributed by atoms with van der Waals surface area (Å²) in [6, 6.07) is 12.8. The molecule has 0 spiro atoms. The van der Waals surface area contributed by atoms with Crippen LogP contribution in [0.25, 0.3) is 0 Å². The highest BCUT2D eigenvalue weighted by atomic mass is 19.2. The number of hydrogen-bond acceptors (Lipinski definition) is 2. The van der Waals surface area contributed by atoms with Crippen molar-refractivity contribution in [2.24, 2.45) is 0 Å². The molecule has 0 aromatic heterocycles. The summed E-state index contributed by atoms with van der Waals surface area (Å²) >= 11 is 0. The van der Waals surface area contributed by atoms with Gasteiger partial charge in [0.25, 0.3) is 5.91 Å². The summed E-state index contributed by atoms with van der Waals surface area (Å²) in [5.41, 5.74) is 0.182. The maximum absolute atomic E-state index is 13.8. The molecule has 0 radical (unpaired) electrons. The van der Waals surface area contributed by atoms with Crippen molar-refractivity contribution < 1.29 is 31.5 Å². The lowest BCUT2D eigenvalue weighted by Crippen LogP contribution is -2.21. The van der Waals surface area contributed by atoms with Crippen LogP contribution in [0.2, 0.25) is 0 Å². The number of carbonyl (C=O) groups is 2. The van der Waals surface area contributed by atoms with Crippen LogP contribution in [-0.4, -0.2) is 11.8 Å². The predicted octanol–water partition coefficient (Wildman–Crippen LogP) is 5.12. The molecule has 3 aromatic rings. The van der Waals surface area contributed by atoms with Gasteiger partial charge in [-0.1, -0.05) is 24.3 Å². The Morgan fingerprint density at radius 2 is 1.39 bits per heavy atom. The van der Waals surface area contributed by atoms with Crippen LogP contribution in [0.5, 0.6) is 0 Å². The molecule has 9 heteroatoms. The van der Waals surface area contributed by atoms with Crippen LogP contribution in [0.15, 0.2) is 48.5 Å². The first-order valence-electron chi connectivity index (χ1n) is 8.96. The normalized spacial score (nSPS) is 10.6. The molecule has 31 heavy (non-hydrogen) atoms. The fourth-order valence-corrected chi connectivity index (χ4v) is 2.87. The van der Waals surface area contributed by atoms with Gasteiger partial charge in [-0.25, -0.2) is 22.0 Å². The molecule has 3 aromatic carbocycles. The van der Waals surface area contributed by atoms with Gasteiger partial charge < -0.3 is 10.6 Å². The van der Waals surface area contributed by atoms with E-state index in [9.17, 15) is 31.5 Å². The molecule has 3 rings (SSSR count). The second kappa shape index (κ2) is 8.95. The lowest BCUT2D eigenvalue weighted by atomic mass is 10.1. The quantitative estimate of drug-likeness (QED) is 0.333. The lowest BCUT2D eigenvalue weighted by molar-refractivity contribution is -0.115. The molecule has 0 aliphatic rings. The van der Waals surface area contributed by atoms with E-state index in [1.807, 2.05) is 13.0 Å². The van der Waals surface area contributed by atoms with E-state index in [2.05, 4.69) is 10.6 Å². The van der Waals surface area contributed by atoms with Crippen LogP contribution in [0.4, 0.5) is 33.3 Å². The van der Waals surface area contributed by atoms with E-state index in [0.29, 0.717) is 5.69 Å². The van der Waals surface area contributed by atoms with Gasteiger partial charge in [-0.05, 0) is 36.8 Å². The van der Waals surface area contributed by atoms with Gasteiger partial charge in [0.15, 0.2) is 23.3 Å². The zero-order valence-electron chi connectivity index (χ0n) is 16.0. The number of hydrogen-bond donors (Lipinski definition) is 2. The highest BCUT2D eigenvalue weighted by molar-refractivity contribution is 6.10. The molecule has 0 fully saturated rings. The van der Waals surface area contributed by atoms with Crippen LogP contribution < -0.4 is 10.6 Å². The van der Waals surface area contributed by atoms with Gasteiger partial charge in [0.1, 0.15) is 0 Å². The molecule has 0 saturated carbocycles. The van der Waals surface area contributed by atoms with Crippen LogP contribution in [0.1, 0.15) is 21.5 Å². The number of benzene rings is 3. The molecule has 2 amide bonds. The minimum Gasteiger partial charge on any atom is -0.325 e. The Hall–Kier alpha value is -3.75. The second-order valence-corrected chi connectivity index (χ2v) is 6.64. The second-order valence-electron chi connectivity index (χ2n) is 6.64. The van der Waals surface area contributed by atoms with E-state index in [1.165, 1.54) is 24.3 Å². The Kier molecular flexibility index (Phi) is 6.33. The van der Waals surface area contributed by atoms with E-state index in [1.54, 1.807) is 18.2 Å². The van der Waals surface area contributed by atoms with E-state index < -0.39 is 52.9 Å². The fourth-order valence-electron chi connectivity index (χ4n) is 2.87. The van der Waals surface area contributed by atoms with Crippen LogP contribution in [0, 0.1) is 36.0 Å². The molecule has 0 bridgehead atoms. The molecular weight excluding hydrogens is 419 g/mol. The van der Waals surface area contributed by atoms with Crippen molar-refractivity contribution in [1.29, 1.82) is 0 Å². The first kappa shape index (κ1) is 21.9. The number of anilines is 2.